The Balaban J connectivity index is 1.76. The number of benzene rings is 2. The van der Waals surface area contributed by atoms with Gasteiger partial charge in [-0.25, -0.2) is 13.2 Å². The first-order valence-electron chi connectivity index (χ1n) is 8.53. The van der Waals surface area contributed by atoms with E-state index in [1.54, 1.807) is 24.3 Å². The summed E-state index contributed by atoms with van der Waals surface area (Å²) in [6.45, 7) is 0.422. The van der Waals surface area contributed by atoms with Gasteiger partial charge in [0.2, 0.25) is 0 Å². The third kappa shape index (κ3) is 3.82. The molecule has 0 spiro atoms. The number of likely N-dealkylation sites (tertiary alicyclic amines) is 1. The van der Waals surface area contributed by atoms with Crippen LogP contribution in [0.15, 0.2) is 36.4 Å². The maximum absolute atomic E-state index is 13.9. The van der Waals surface area contributed by atoms with Crippen molar-refractivity contribution in [2.75, 3.05) is 20.2 Å². The number of hydrogen-bond acceptors (Lipinski definition) is 3. The van der Waals surface area contributed by atoms with Gasteiger partial charge in [0.25, 0.3) is 5.91 Å². The molecule has 1 heterocycles. The summed E-state index contributed by atoms with van der Waals surface area (Å²) < 4.78 is 45.5. The summed E-state index contributed by atoms with van der Waals surface area (Å²) in [5.41, 5.74) is -0.0412. The van der Waals surface area contributed by atoms with Gasteiger partial charge in [-0.15, -0.1) is 0 Å². The highest BCUT2D eigenvalue weighted by atomic mass is 19.2. The SMILES string of the molecule is COc1ccc(C(=O)C2CCCN(C(=O)c3ccc(F)c(F)c3F)C2)cc1. The van der Waals surface area contributed by atoms with E-state index < -0.39 is 34.8 Å². The number of rotatable bonds is 4. The molecule has 4 nitrogen and oxygen atoms in total. The molecular formula is C20H18F3NO3. The molecule has 7 heteroatoms. The number of Topliss-reactive ketones (excluding diaryl/α,β-unsaturated/α-hetero) is 1. The maximum Gasteiger partial charge on any atom is 0.256 e. The Hall–Kier alpha value is -2.83. The molecule has 0 bridgehead atoms. The fourth-order valence-corrected chi connectivity index (χ4v) is 3.23. The number of piperidine rings is 1. The van der Waals surface area contributed by atoms with Gasteiger partial charge in [0.1, 0.15) is 5.75 Å². The molecule has 0 saturated carbocycles. The first-order chi connectivity index (χ1) is 12.9. The van der Waals surface area contributed by atoms with E-state index in [0.717, 1.165) is 12.1 Å². The largest absolute Gasteiger partial charge is 0.497 e. The van der Waals surface area contributed by atoms with Crippen LogP contribution in [-0.4, -0.2) is 36.8 Å². The van der Waals surface area contributed by atoms with Gasteiger partial charge in [0, 0.05) is 24.6 Å². The van der Waals surface area contributed by atoms with Crippen molar-refractivity contribution in [3.63, 3.8) is 0 Å². The van der Waals surface area contributed by atoms with E-state index in [1.807, 2.05) is 0 Å². The van der Waals surface area contributed by atoms with Gasteiger partial charge in [-0.05, 0) is 49.2 Å². The van der Waals surface area contributed by atoms with Gasteiger partial charge in [-0.3, -0.25) is 9.59 Å². The highest BCUT2D eigenvalue weighted by molar-refractivity contribution is 5.99. The van der Waals surface area contributed by atoms with Crippen LogP contribution in [0.25, 0.3) is 0 Å². The second-order valence-electron chi connectivity index (χ2n) is 6.41. The number of nitrogens with zero attached hydrogens (tertiary/aromatic N) is 1. The van der Waals surface area contributed by atoms with Gasteiger partial charge in [-0.1, -0.05) is 0 Å². The Morgan fingerprint density at radius 3 is 2.41 bits per heavy atom. The van der Waals surface area contributed by atoms with Gasteiger partial charge in [-0.2, -0.15) is 0 Å². The van der Waals surface area contributed by atoms with Crippen LogP contribution < -0.4 is 4.74 Å². The standard InChI is InChI=1S/C20H18F3NO3/c1-27-14-6-4-12(5-7-14)19(25)13-3-2-10-24(11-13)20(26)15-8-9-16(21)18(23)17(15)22/h4-9,13H,2-3,10-11H2,1H3. The minimum Gasteiger partial charge on any atom is -0.497 e. The fourth-order valence-electron chi connectivity index (χ4n) is 3.23. The fraction of sp³-hybridized carbons (Fsp3) is 0.300. The van der Waals surface area contributed by atoms with Crippen LogP contribution in [0.2, 0.25) is 0 Å². The first kappa shape index (κ1) is 18.9. The topological polar surface area (TPSA) is 46.6 Å². The molecule has 0 radical (unpaired) electrons. The quantitative estimate of drug-likeness (QED) is 0.601. The van der Waals surface area contributed by atoms with Crippen molar-refractivity contribution in [3.8, 4) is 5.75 Å². The number of carbonyl (C=O) groups is 2. The number of methoxy groups -OCH3 is 1. The van der Waals surface area contributed by atoms with E-state index in [2.05, 4.69) is 0 Å². The molecule has 142 valence electrons. The van der Waals surface area contributed by atoms with Crippen molar-refractivity contribution >= 4 is 11.7 Å². The van der Waals surface area contributed by atoms with Crippen LogP contribution in [0.1, 0.15) is 33.6 Å². The normalized spacial score (nSPS) is 16.9. The molecule has 0 aliphatic carbocycles. The summed E-state index contributed by atoms with van der Waals surface area (Å²) in [4.78, 5) is 26.6. The zero-order valence-electron chi connectivity index (χ0n) is 14.7. The van der Waals surface area contributed by atoms with Crippen molar-refractivity contribution in [1.29, 1.82) is 0 Å². The lowest BCUT2D eigenvalue weighted by molar-refractivity contribution is 0.0632. The Labute approximate surface area is 154 Å². The molecule has 1 amide bonds. The Kier molecular flexibility index (Phi) is 5.48. The van der Waals surface area contributed by atoms with E-state index in [9.17, 15) is 22.8 Å². The van der Waals surface area contributed by atoms with E-state index in [0.29, 0.717) is 30.7 Å². The minimum atomic E-state index is -1.68. The van der Waals surface area contributed by atoms with Crippen LogP contribution in [0.3, 0.4) is 0 Å². The molecule has 0 N–H and O–H groups in total. The molecule has 1 unspecified atom stereocenters. The molecule has 1 saturated heterocycles. The van der Waals surface area contributed by atoms with Crippen LogP contribution >= 0.6 is 0 Å². The zero-order chi connectivity index (χ0) is 19.6. The maximum atomic E-state index is 13.9. The Morgan fingerprint density at radius 1 is 1.04 bits per heavy atom. The third-order valence-corrected chi connectivity index (χ3v) is 4.72. The monoisotopic (exact) mass is 377 g/mol. The van der Waals surface area contributed by atoms with Gasteiger partial charge in [0.05, 0.1) is 12.7 Å². The van der Waals surface area contributed by atoms with Gasteiger partial charge < -0.3 is 9.64 Å². The molecule has 1 fully saturated rings. The predicted molar refractivity (Wildman–Crippen MR) is 92.3 cm³/mol. The van der Waals surface area contributed by atoms with Crippen LogP contribution in [-0.2, 0) is 0 Å². The second-order valence-corrected chi connectivity index (χ2v) is 6.41. The summed E-state index contributed by atoms with van der Waals surface area (Å²) in [5, 5.41) is 0. The molecule has 2 aromatic rings. The van der Waals surface area contributed by atoms with E-state index in [4.69, 9.17) is 4.74 Å². The number of amides is 1. The second kappa shape index (κ2) is 7.82. The summed E-state index contributed by atoms with van der Waals surface area (Å²) in [6.07, 6.45) is 1.15. The van der Waals surface area contributed by atoms with Crippen molar-refractivity contribution < 1.29 is 27.5 Å². The summed E-state index contributed by atoms with van der Waals surface area (Å²) >= 11 is 0. The number of carbonyl (C=O) groups excluding carboxylic acids is 2. The minimum absolute atomic E-state index is 0.0993. The van der Waals surface area contributed by atoms with Crippen molar-refractivity contribution in [2.24, 2.45) is 5.92 Å². The smallest absolute Gasteiger partial charge is 0.256 e. The average molecular weight is 377 g/mol. The Bertz CT molecular complexity index is 868. The van der Waals surface area contributed by atoms with E-state index in [-0.39, 0.29) is 12.3 Å². The number of ether oxygens (including phenoxy) is 1. The lowest BCUT2D eigenvalue weighted by Crippen LogP contribution is -2.42. The summed E-state index contributed by atoms with van der Waals surface area (Å²) in [5.74, 6) is -5.23. The van der Waals surface area contributed by atoms with Crippen LogP contribution in [0.5, 0.6) is 5.75 Å². The van der Waals surface area contributed by atoms with Crippen molar-refractivity contribution in [2.45, 2.75) is 12.8 Å². The number of ketones is 1. The lowest BCUT2D eigenvalue weighted by atomic mass is 9.89. The average Bonchev–Trinajstić information content (AvgIpc) is 2.71. The third-order valence-electron chi connectivity index (χ3n) is 4.72. The van der Waals surface area contributed by atoms with Gasteiger partial charge >= 0.3 is 0 Å². The molecular weight excluding hydrogens is 359 g/mol. The molecule has 1 atom stereocenters. The van der Waals surface area contributed by atoms with Crippen LogP contribution in [0.4, 0.5) is 13.2 Å². The van der Waals surface area contributed by atoms with Crippen molar-refractivity contribution in [1.82, 2.24) is 4.90 Å². The molecule has 1 aliphatic rings. The van der Waals surface area contributed by atoms with E-state index in [1.165, 1.54) is 12.0 Å². The van der Waals surface area contributed by atoms with Crippen molar-refractivity contribution in [3.05, 3.63) is 65.0 Å². The first-order valence-corrected chi connectivity index (χ1v) is 8.53. The number of hydrogen-bond donors (Lipinski definition) is 0. The number of halogens is 3. The summed E-state index contributed by atoms with van der Waals surface area (Å²) in [7, 11) is 1.53. The molecule has 27 heavy (non-hydrogen) atoms. The molecule has 1 aliphatic heterocycles. The summed E-state index contributed by atoms with van der Waals surface area (Å²) in [6, 6.07) is 8.29. The van der Waals surface area contributed by atoms with E-state index >= 15 is 0 Å². The molecule has 2 aromatic carbocycles. The molecule has 3 rings (SSSR count). The Morgan fingerprint density at radius 2 is 1.74 bits per heavy atom. The lowest BCUT2D eigenvalue weighted by Gasteiger charge is -2.32. The molecule has 0 aromatic heterocycles. The van der Waals surface area contributed by atoms with Crippen LogP contribution in [0, 0.1) is 23.4 Å². The van der Waals surface area contributed by atoms with Gasteiger partial charge in [0.15, 0.2) is 23.2 Å². The zero-order valence-corrected chi connectivity index (χ0v) is 14.7. The highest BCUT2D eigenvalue weighted by Gasteiger charge is 2.31. The predicted octanol–water partition coefficient (Wildman–Crippen LogP) is 3.85. The highest BCUT2D eigenvalue weighted by Crippen LogP contribution is 2.25.